The maximum Gasteiger partial charge on any atom is 0.336 e. The second-order valence-electron chi connectivity index (χ2n) is 7.90. The van der Waals surface area contributed by atoms with Crippen molar-refractivity contribution in [1.82, 2.24) is 5.32 Å². The Balaban J connectivity index is 0.00000385. The summed E-state index contributed by atoms with van der Waals surface area (Å²) in [6.07, 6.45) is 0.248. The average molecular weight is 506 g/mol. The van der Waals surface area contributed by atoms with Gasteiger partial charge in [-0.05, 0) is 59.5 Å². The molecule has 0 radical (unpaired) electrons. The lowest BCUT2D eigenvalue weighted by Crippen LogP contribution is -2.23. The predicted molar refractivity (Wildman–Crippen MR) is 140 cm³/mol. The van der Waals surface area contributed by atoms with Crippen molar-refractivity contribution in [1.29, 1.82) is 0 Å². The van der Waals surface area contributed by atoms with Gasteiger partial charge < -0.3 is 15.5 Å². The van der Waals surface area contributed by atoms with E-state index in [9.17, 15) is 15.0 Å². The van der Waals surface area contributed by atoms with Crippen molar-refractivity contribution >= 4 is 41.7 Å². The Morgan fingerprint density at radius 2 is 1.73 bits per heavy atom. The Morgan fingerprint density at radius 3 is 2.36 bits per heavy atom. The number of aliphatic hydroxyl groups is 1. The fourth-order valence-electron chi connectivity index (χ4n) is 3.40. The topological polar surface area (TPSA) is 69.6 Å². The maximum atomic E-state index is 11.5. The Labute approximate surface area is 210 Å². The molecule has 7 heteroatoms. The van der Waals surface area contributed by atoms with E-state index in [-0.39, 0.29) is 12.4 Å². The summed E-state index contributed by atoms with van der Waals surface area (Å²) >= 11 is 7.54. The first-order valence-electron chi connectivity index (χ1n) is 10.6. The summed E-state index contributed by atoms with van der Waals surface area (Å²) in [6.45, 7) is 5.32. The van der Waals surface area contributed by atoms with Crippen LogP contribution in [0.25, 0.3) is 11.1 Å². The van der Waals surface area contributed by atoms with Gasteiger partial charge in [-0.1, -0.05) is 67.9 Å². The lowest BCUT2D eigenvalue weighted by atomic mass is 10.0. The smallest absolute Gasteiger partial charge is 0.336 e. The van der Waals surface area contributed by atoms with Gasteiger partial charge >= 0.3 is 5.97 Å². The zero-order chi connectivity index (χ0) is 23.1. The van der Waals surface area contributed by atoms with Crippen LogP contribution in [0.3, 0.4) is 0 Å². The lowest BCUT2D eigenvalue weighted by molar-refractivity contribution is 0.0693. The van der Waals surface area contributed by atoms with Crippen LogP contribution in [-0.4, -0.2) is 34.5 Å². The minimum Gasteiger partial charge on any atom is -0.478 e. The lowest BCUT2D eigenvalue weighted by Gasteiger charge is -2.13. The molecule has 0 saturated carbocycles. The molecular weight excluding hydrogens is 477 g/mol. The highest BCUT2D eigenvalue weighted by Gasteiger charge is 2.13. The van der Waals surface area contributed by atoms with Crippen molar-refractivity contribution < 1.29 is 15.0 Å². The molecule has 0 saturated heterocycles. The number of hydrogen-bond acceptors (Lipinski definition) is 4. The fraction of sp³-hybridized carbons (Fsp3) is 0.269. The molecule has 3 N–H and O–H groups in total. The molecule has 0 heterocycles. The first-order valence-corrected chi connectivity index (χ1v) is 11.9. The molecule has 0 bridgehead atoms. The van der Waals surface area contributed by atoms with Gasteiger partial charge in [-0.3, -0.25) is 0 Å². The predicted octanol–water partition coefficient (Wildman–Crippen LogP) is 6.49. The van der Waals surface area contributed by atoms with E-state index >= 15 is 0 Å². The van der Waals surface area contributed by atoms with Crippen molar-refractivity contribution in [2.24, 2.45) is 0 Å². The van der Waals surface area contributed by atoms with E-state index < -0.39 is 12.1 Å². The number of hydrogen-bond donors (Lipinski definition) is 3. The number of nitrogens with one attached hydrogen (secondary N) is 1. The van der Waals surface area contributed by atoms with Gasteiger partial charge in [0, 0.05) is 21.7 Å². The van der Waals surface area contributed by atoms with Gasteiger partial charge in [-0.15, -0.1) is 24.2 Å². The van der Waals surface area contributed by atoms with Crippen LogP contribution in [0, 0.1) is 0 Å². The highest BCUT2D eigenvalue weighted by Crippen LogP contribution is 2.31. The van der Waals surface area contributed by atoms with Gasteiger partial charge in [0.25, 0.3) is 0 Å². The number of aliphatic hydroxyl groups excluding tert-OH is 1. The van der Waals surface area contributed by atoms with Crippen LogP contribution in [-0.2, 0) is 6.42 Å². The molecule has 0 fully saturated rings. The zero-order valence-corrected chi connectivity index (χ0v) is 21.0. The van der Waals surface area contributed by atoms with Crippen LogP contribution in [0.5, 0.6) is 0 Å². The van der Waals surface area contributed by atoms with Gasteiger partial charge in [0.05, 0.1) is 11.7 Å². The van der Waals surface area contributed by atoms with Crippen molar-refractivity contribution in [3.05, 3.63) is 88.4 Å². The molecule has 0 aliphatic carbocycles. The summed E-state index contributed by atoms with van der Waals surface area (Å²) in [6, 6.07) is 21.1. The van der Waals surface area contributed by atoms with Crippen LogP contribution < -0.4 is 5.32 Å². The van der Waals surface area contributed by atoms with Crippen LogP contribution in [0.1, 0.15) is 41.4 Å². The third-order valence-corrected chi connectivity index (χ3v) is 6.32. The quantitative estimate of drug-likeness (QED) is 0.217. The molecule has 3 aromatic carbocycles. The van der Waals surface area contributed by atoms with E-state index in [2.05, 4.69) is 43.4 Å². The van der Waals surface area contributed by atoms with E-state index in [1.807, 2.05) is 24.3 Å². The highest BCUT2D eigenvalue weighted by atomic mass is 35.5. The molecule has 0 aromatic heterocycles. The number of halogens is 2. The second-order valence-corrected chi connectivity index (χ2v) is 9.96. The van der Waals surface area contributed by atoms with Gasteiger partial charge in [-0.25, -0.2) is 4.79 Å². The fourth-order valence-corrected chi connectivity index (χ4v) is 4.58. The summed E-state index contributed by atoms with van der Waals surface area (Å²) in [7, 11) is 0. The molecule has 0 amide bonds. The standard InChI is InChI=1S/C26H28ClNO3S.ClH/c1-17(2)32-25-15-20(10-11-23(25)26(30)31)19-8-6-18(7-9-19)12-13-28-16-24(29)21-4-3-5-22(27)14-21;/h3-11,14-15,17,24,28-29H,12-13,16H2,1-2H3,(H,30,31);1H/t24-;/m0./s1. The average Bonchev–Trinajstić information content (AvgIpc) is 2.76. The number of carboxylic acids is 1. The number of carboxylic acid groups (broad SMARTS) is 1. The van der Waals surface area contributed by atoms with Gasteiger partial charge in [0.1, 0.15) is 0 Å². The molecule has 3 rings (SSSR count). The summed E-state index contributed by atoms with van der Waals surface area (Å²) in [5.74, 6) is -0.900. The van der Waals surface area contributed by atoms with E-state index in [4.69, 9.17) is 11.6 Å². The van der Waals surface area contributed by atoms with Crippen LogP contribution in [0.4, 0.5) is 0 Å². The Morgan fingerprint density at radius 1 is 1.03 bits per heavy atom. The van der Waals surface area contributed by atoms with Crippen LogP contribution in [0.15, 0.2) is 71.6 Å². The van der Waals surface area contributed by atoms with Crippen LogP contribution >= 0.6 is 35.8 Å². The SMILES string of the molecule is CC(C)Sc1cc(-c2ccc(CCNC[C@H](O)c3cccc(Cl)c3)cc2)ccc1C(=O)O.Cl. The number of thioether (sulfide) groups is 1. The van der Waals surface area contributed by atoms with Crippen molar-refractivity contribution in [2.75, 3.05) is 13.1 Å². The summed E-state index contributed by atoms with van der Waals surface area (Å²) in [5.41, 5.74) is 4.40. The molecule has 3 aromatic rings. The molecule has 0 aliphatic rings. The Bertz CT molecular complexity index is 1060. The van der Waals surface area contributed by atoms with E-state index in [0.29, 0.717) is 22.4 Å². The van der Waals surface area contributed by atoms with Crippen molar-refractivity contribution in [3.63, 3.8) is 0 Å². The van der Waals surface area contributed by atoms with E-state index in [1.165, 1.54) is 5.56 Å². The van der Waals surface area contributed by atoms with Crippen molar-refractivity contribution in [3.8, 4) is 11.1 Å². The third kappa shape index (κ3) is 8.05. The number of carbonyl (C=O) groups is 1. The number of rotatable bonds is 10. The van der Waals surface area contributed by atoms with E-state index in [0.717, 1.165) is 34.6 Å². The Hall–Kier alpha value is -2.02. The minimum absolute atomic E-state index is 0. The van der Waals surface area contributed by atoms with E-state index in [1.54, 1.807) is 30.0 Å². The monoisotopic (exact) mass is 505 g/mol. The zero-order valence-electron chi connectivity index (χ0n) is 18.6. The highest BCUT2D eigenvalue weighted by molar-refractivity contribution is 8.00. The van der Waals surface area contributed by atoms with Gasteiger partial charge in [0.15, 0.2) is 0 Å². The number of aromatic carboxylic acids is 1. The number of benzene rings is 3. The molecule has 4 nitrogen and oxygen atoms in total. The summed E-state index contributed by atoms with van der Waals surface area (Å²) in [5, 5.41) is 23.9. The van der Waals surface area contributed by atoms with Gasteiger partial charge in [0.2, 0.25) is 0 Å². The molecule has 33 heavy (non-hydrogen) atoms. The molecule has 176 valence electrons. The molecule has 1 atom stereocenters. The minimum atomic E-state index is -0.900. The molecule has 0 unspecified atom stereocenters. The van der Waals surface area contributed by atoms with Gasteiger partial charge in [-0.2, -0.15) is 0 Å². The van der Waals surface area contributed by atoms with Crippen LogP contribution in [0.2, 0.25) is 5.02 Å². The first kappa shape index (κ1) is 27.2. The first-order chi connectivity index (χ1) is 15.3. The largest absolute Gasteiger partial charge is 0.478 e. The van der Waals surface area contributed by atoms with Crippen molar-refractivity contribution in [2.45, 2.75) is 36.5 Å². The Kier molecular flexibility index (Phi) is 10.7. The molecule has 0 spiro atoms. The maximum absolute atomic E-state index is 11.5. The summed E-state index contributed by atoms with van der Waals surface area (Å²) in [4.78, 5) is 12.3. The normalized spacial score (nSPS) is 11.8. The molecule has 0 aliphatic heterocycles. The third-order valence-electron chi connectivity index (χ3n) is 5.02. The second kappa shape index (κ2) is 13.0. The molecular formula is C26H29Cl2NO3S. The summed E-state index contributed by atoms with van der Waals surface area (Å²) < 4.78 is 0.